The highest BCUT2D eigenvalue weighted by Gasteiger charge is 2.13. The van der Waals surface area contributed by atoms with Crippen LogP contribution in [0.3, 0.4) is 0 Å². The molecule has 7 nitrogen and oxygen atoms in total. The van der Waals surface area contributed by atoms with Crippen molar-refractivity contribution >= 4 is 46.7 Å². The third kappa shape index (κ3) is 5.72. The van der Waals surface area contributed by atoms with Crippen molar-refractivity contribution in [1.29, 1.82) is 0 Å². The molecule has 1 heterocycles. The van der Waals surface area contributed by atoms with Crippen molar-refractivity contribution in [2.24, 2.45) is 0 Å². The number of esters is 1. The molecule has 0 saturated heterocycles. The first kappa shape index (κ1) is 19.7. The second kappa shape index (κ2) is 9.17. The third-order valence-corrected chi connectivity index (χ3v) is 3.90. The molecule has 2 aromatic rings. The number of hydrogen-bond acceptors (Lipinski definition) is 5. The van der Waals surface area contributed by atoms with Gasteiger partial charge < -0.3 is 15.4 Å². The number of nitrogens with zero attached hydrogens (tertiary/aromatic N) is 1. The highest BCUT2D eigenvalue weighted by molar-refractivity contribution is 6.31. The lowest BCUT2D eigenvalue weighted by atomic mass is 10.2. The van der Waals surface area contributed by atoms with E-state index in [9.17, 15) is 14.4 Å². The largest absolute Gasteiger partial charge is 0.454 e. The van der Waals surface area contributed by atoms with E-state index in [4.69, 9.17) is 27.9 Å². The molecule has 2 N–H and O–H groups in total. The monoisotopic (exact) mass is 395 g/mol. The number of carbonyl (C=O) groups is 3. The molecular formula is C17H15Cl2N3O4. The summed E-state index contributed by atoms with van der Waals surface area (Å²) in [6, 6.07) is 7.95. The van der Waals surface area contributed by atoms with E-state index in [2.05, 4.69) is 15.6 Å². The number of nitrogens with one attached hydrogen (secondary N) is 2. The predicted octanol–water partition coefficient (Wildman–Crippen LogP) is 2.61. The first-order chi connectivity index (χ1) is 12.4. The van der Waals surface area contributed by atoms with Crippen LogP contribution < -0.4 is 10.6 Å². The van der Waals surface area contributed by atoms with Gasteiger partial charge in [0.2, 0.25) is 0 Å². The van der Waals surface area contributed by atoms with Crippen molar-refractivity contribution in [2.45, 2.75) is 6.92 Å². The summed E-state index contributed by atoms with van der Waals surface area (Å²) in [6.45, 7) is 0.857. The van der Waals surface area contributed by atoms with Gasteiger partial charge in [0.05, 0.1) is 0 Å². The lowest BCUT2D eigenvalue weighted by Gasteiger charge is -2.10. The van der Waals surface area contributed by atoms with Gasteiger partial charge in [0, 0.05) is 21.9 Å². The molecule has 2 amide bonds. The molecule has 0 saturated carbocycles. The number of rotatable bonds is 6. The van der Waals surface area contributed by atoms with Crippen LogP contribution in [0.25, 0.3) is 0 Å². The fourth-order valence-corrected chi connectivity index (χ4v) is 2.23. The van der Waals surface area contributed by atoms with Crippen LogP contribution in [0.5, 0.6) is 0 Å². The van der Waals surface area contributed by atoms with Gasteiger partial charge in [0.15, 0.2) is 6.61 Å². The van der Waals surface area contributed by atoms with Crippen molar-refractivity contribution in [3.8, 4) is 0 Å². The molecular weight excluding hydrogens is 381 g/mol. The van der Waals surface area contributed by atoms with E-state index in [0.29, 0.717) is 21.3 Å². The minimum atomic E-state index is -0.765. The molecule has 2 rings (SSSR count). The summed E-state index contributed by atoms with van der Waals surface area (Å²) >= 11 is 11.7. The zero-order valence-corrected chi connectivity index (χ0v) is 15.2. The highest BCUT2D eigenvalue weighted by atomic mass is 35.5. The van der Waals surface area contributed by atoms with Crippen LogP contribution in [0.1, 0.15) is 16.1 Å². The molecule has 1 aromatic carbocycles. The molecule has 26 heavy (non-hydrogen) atoms. The minimum Gasteiger partial charge on any atom is -0.454 e. The quantitative estimate of drug-likeness (QED) is 0.732. The van der Waals surface area contributed by atoms with E-state index in [1.54, 1.807) is 25.1 Å². The van der Waals surface area contributed by atoms with Gasteiger partial charge in [-0.3, -0.25) is 19.4 Å². The van der Waals surface area contributed by atoms with Crippen LogP contribution in [0.2, 0.25) is 10.0 Å². The number of carbonyl (C=O) groups excluding carboxylic acids is 3. The molecule has 0 aliphatic carbocycles. The van der Waals surface area contributed by atoms with E-state index < -0.39 is 30.9 Å². The number of pyridine rings is 1. The van der Waals surface area contributed by atoms with Gasteiger partial charge in [0.1, 0.15) is 12.2 Å². The maximum atomic E-state index is 11.8. The van der Waals surface area contributed by atoms with E-state index in [1.165, 1.54) is 18.3 Å². The Morgan fingerprint density at radius 1 is 1.19 bits per heavy atom. The molecule has 9 heteroatoms. The molecule has 0 unspecified atom stereocenters. The topological polar surface area (TPSA) is 97.4 Å². The lowest BCUT2D eigenvalue weighted by molar-refractivity contribution is -0.146. The smallest absolute Gasteiger partial charge is 0.325 e. The average Bonchev–Trinajstić information content (AvgIpc) is 2.61. The number of aromatic nitrogens is 1. The average molecular weight is 396 g/mol. The fourth-order valence-electron chi connectivity index (χ4n) is 1.90. The van der Waals surface area contributed by atoms with Crippen molar-refractivity contribution in [1.82, 2.24) is 10.3 Å². The molecule has 1 aromatic heterocycles. The Kier molecular flexibility index (Phi) is 6.94. The van der Waals surface area contributed by atoms with Gasteiger partial charge in [-0.1, -0.05) is 29.3 Å². The van der Waals surface area contributed by atoms with Gasteiger partial charge in [-0.2, -0.15) is 0 Å². The Balaban J connectivity index is 1.77. The van der Waals surface area contributed by atoms with Crippen LogP contribution in [0, 0.1) is 6.92 Å². The standard InChI is InChI=1S/C17H15Cl2N3O4/c1-10-12(19)3-2-4-13(10)22-15(23)9-26-16(24)8-21-17(25)14-7-11(18)5-6-20-14/h2-7H,8-9H2,1H3,(H,21,25)(H,22,23). The van der Waals surface area contributed by atoms with Crippen molar-refractivity contribution < 1.29 is 19.1 Å². The molecule has 0 aliphatic heterocycles. The number of hydrogen-bond donors (Lipinski definition) is 2. The number of ether oxygens (including phenoxy) is 1. The van der Waals surface area contributed by atoms with Crippen molar-refractivity contribution in [3.63, 3.8) is 0 Å². The SMILES string of the molecule is Cc1c(Cl)cccc1NC(=O)COC(=O)CNC(=O)c1cc(Cl)ccn1. The lowest BCUT2D eigenvalue weighted by Crippen LogP contribution is -2.32. The van der Waals surface area contributed by atoms with Gasteiger partial charge >= 0.3 is 5.97 Å². The minimum absolute atomic E-state index is 0.0690. The number of benzene rings is 1. The maximum absolute atomic E-state index is 11.8. The van der Waals surface area contributed by atoms with E-state index in [-0.39, 0.29) is 5.69 Å². The normalized spacial score (nSPS) is 10.1. The van der Waals surface area contributed by atoms with Gasteiger partial charge in [0.25, 0.3) is 11.8 Å². The summed E-state index contributed by atoms with van der Waals surface area (Å²) in [4.78, 5) is 39.1. The first-order valence-corrected chi connectivity index (χ1v) is 8.22. The van der Waals surface area contributed by atoms with Crippen LogP contribution in [-0.2, 0) is 14.3 Å². The van der Waals surface area contributed by atoms with E-state index >= 15 is 0 Å². The molecule has 0 atom stereocenters. The Morgan fingerprint density at radius 3 is 2.69 bits per heavy atom. The Labute approximate surface area is 159 Å². The second-order valence-electron chi connectivity index (χ2n) is 5.16. The number of amides is 2. The van der Waals surface area contributed by atoms with Crippen LogP contribution in [0.15, 0.2) is 36.5 Å². The zero-order valence-electron chi connectivity index (χ0n) is 13.7. The summed E-state index contributed by atoms with van der Waals surface area (Å²) in [5.74, 6) is -1.87. The highest BCUT2D eigenvalue weighted by Crippen LogP contribution is 2.22. The summed E-state index contributed by atoms with van der Waals surface area (Å²) < 4.78 is 4.81. The number of halogens is 2. The summed E-state index contributed by atoms with van der Waals surface area (Å²) in [5, 5.41) is 5.78. The third-order valence-electron chi connectivity index (χ3n) is 3.25. The summed E-state index contributed by atoms with van der Waals surface area (Å²) in [7, 11) is 0. The number of anilines is 1. The molecule has 0 fully saturated rings. The predicted molar refractivity (Wildman–Crippen MR) is 97.4 cm³/mol. The molecule has 0 spiro atoms. The van der Waals surface area contributed by atoms with Crippen LogP contribution in [0.4, 0.5) is 5.69 Å². The molecule has 0 aliphatic rings. The van der Waals surface area contributed by atoms with Gasteiger partial charge in [-0.05, 0) is 36.8 Å². The van der Waals surface area contributed by atoms with E-state index in [0.717, 1.165) is 0 Å². The molecule has 0 bridgehead atoms. The maximum Gasteiger partial charge on any atom is 0.325 e. The Hall–Kier alpha value is -2.64. The van der Waals surface area contributed by atoms with E-state index in [1.807, 2.05) is 0 Å². The first-order valence-electron chi connectivity index (χ1n) is 7.47. The molecule has 0 radical (unpaired) electrons. The van der Waals surface area contributed by atoms with Crippen molar-refractivity contribution in [3.05, 3.63) is 57.8 Å². The van der Waals surface area contributed by atoms with Gasteiger partial charge in [-0.15, -0.1) is 0 Å². The Morgan fingerprint density at radius 2 is 1.96 bits per heavy atom. The second-order valence-corrected chi connectivity index (χ2v) is 6.01. The molecule has 136 valence electrons. The Bertz CT molecular complexity index is 843. The van der Waals surface area contributed by atoms with Gasteiger partial charge in [-0.25, -0.2) is 0 Å². The summed E-state index contributed by atoms with van der Waals surface area (Å²) in [6.07, 6.45) is 1.37. The fraction of sp³-hybridized carbons (Fsp3) is 0.176. The van der Waals surface area contributed by atoms with Crippen LogP contribution >= 0.6 is 23.2 Å². The summed E-state index contributed by atoms with van der Waals surface area (Å²) in [5.41, 5.74) is 1.30. The van der Waals surface area contributed by atoms with Crippen molar-refractivity contribution in [2.75, 3.05) is 18.5 Å². The zero-order chi connectivity index (χ0) is 19.1. The van der Waals surface area contributed by atoms with Crippen LogP contribution in [-0.4, -0.2) is 35.9 Å².